The van der Waals surface area contributed by atoms with E-state index in [-0.39, 0.29) is 12.4 Å². The third-order valence-corrected chi connectivity index (χ3v) is 5.03. The Bertz CT molecular complexity index is 595. The Morgan fingerprint density at radius 2 is 2.04 bits per heavy atom. The van der Waals surface area contributed by atoms with Crippen LogP contribution >= 0.6 is 0 Å². The van der Waals surface area contributed by atoms with Crippen LogP contribution in [0.4, 0.5) is 4.39 Å². The van der Waals surface area contributed by atoms with E-state index in [1.54, 1.807) is 20.2 Å². The van der Waals surface area contributed by atoms with Crippen molar-refractivity contribution >= 4 is 5.96 Å². The van der Waals surface area contributed by atoms with Gasteiger partial charge in [0.15, 0.2) is 5.96 Å². The quantitative estimate of drug-likeness (QED) is 0.612. The number of aliphatic imine (C=N–C) groups is 1. The lowest BCUT2D eigenvalue weighted by Gasteiger charge is -2.33. The summed E-state index contributed by atoms with van der Waals surface area (Å²) in [5.74, 6) is 0.581. The van der Waals surface area contributed by atoms with Gasteiger partial charge in [-0.1, -0.05) is 6.07 Å². The Morgan fingerprint density at radius 1 is 1.28 bits per heavy atom. The molecule has 0 bridgehead atoms. The third kappa shape index (κ3) is 5.16. The maximum absolute atomic E-state index is 13.7. The number of rotatable bonds is 6. The van der Waals surface area contributed by atoms with Gasteiger partial charge in [0.05, 0.1) is 6.61 Å². The lowest BCUT2D eigenvalue weighted by Crippen LogP contribution is -2.48. The summed E-state index contributed by atoms with van der Waals surface area (Å²) in [6, 6.07) is 6.46. The standard InChI is InChI=1S/C19H29FN4O/c1-21-19(23-16-7-9-24(10-8-16)17-4-5-17)22-12-14-3-6-18(20)15(11-14)13-25-2/h3,6,11,16-17H,4-5,7-10,12-13H2,1-2H3,(H2,21,22,23). The normalized spacial score (nSPS) is 19.9. The van der Waals surface area contributed by atoms with Crippen molar-refractivity contribution in [3.8, 4) is 0 Å². The van der Waals surface area contributed by atoms with Gasteiger partial charge in [-0.2, -0.15) is 0 Å². The van der Waals surface area contributed by atoms with Gasteiger partial charge in [-0.15, -0.1) is 0 Å². The largest absolute Gasteiger partial charge is 0.380 e. The summed E-state index contributed by atoms with van der Waals surface area (Å²) in [5, 5.41) is 6.85. The molecule has 0 aromatic heterocycles. The second-order valence-electron chi connectivity index (χ2n) is 6.97. The molecule has 1 aliphatic heterocycles. The molecule has 0 spiro atoms. The van der Waals surface area contributed by atoms with Crippen LogP contribution in [0.5, 0.6) is 0 Å². The number of guanidine groups is 1. The van der Waals surface area contributed by atoms with Crippen molar-refractivity contribution in [3.63, 3.8) is 0 Å². The zero-order chi connectivity index (χ0) is 17.6. The molecule has 1 saturated carbocycles. The summed E-state index contributed by atoms with van der Waals surface area (Å²) in [5.41, 5.74) is 1.59. The van der Waals surface area contributed by atoms with Crippen LogP contribution < -0.4 is 10.6 Å². The van der Waals surface area contributed by atoms with Crippen molar-refractivity contribution in [2.24, 2.45) is 4.99 Å². The summed E-state index contributed by atoms with van der Waals surface area (Å²) < 4.78 is 18.7. The number of piperidine rings is 1. The molecule has 6 heteroatoms. The maximum atomic E-state index is 13.7. The number of benzene rings is 1. The molecule has 5 nitrogen and oxygen atoms in total. The fourth-order valence-electron chi connectivity index (χ4n) is 3.43. The highest BCUT2D eigenvalue weighted by Crippen LogP contribution is 2.29. The Balaban J connectivity index is 1.47. The second kappa shape index (κ2) is 8.63. The van der Waals surface area contributed by atoms with Gasteiger partial charge >= 0.3 is 0 Å². The van der Waals surface area contributed by atoms with Crippen molar-refractivity contribution < 1.29 is 9.13 Å². The Labute approximate surface area is 149 Å². The van der Waals surface area contributed by atoms with Crippen LogP contribution in [-0.2, 0) is 17.9 Å². The first-order valence-electron chi connectivity index (χ1n) is 9.17. The molecule has 1 aromatic carbocycles. The van der Waals surface area contributed by atoms with E-state index in [1.807, 2.05) is 6.07 Å². The van der Waals surface area contributed by atoms with Gasteiger partial charge in [-0.25, -0.2) is 4.39 Å². The van der Waals surface area contributed by atoms with Crippen LogP contribution in [0, 0.1) is 5.82 Å². The highest BCUT2D eigenvalue weighted by molar-refractivity contribution is 5.79. The number of hydrogen-bond donors (Lipinski definition) is 2. The fraction of sp³-hybridized carbons (Fsp3) is 0.632. The molecule has 0 atom stereocenters. The SMILES string of the molecule is CN=C(NCc1ccc(F)c(COC)c1)NC1CCN(C2CC2)CC1. The fourth-order valence-corrected chi connectivity index (χ4v) is 3.43. The average Bonchev–Trinajstić information content (AvgIpc) is 3.47. The number of likely N-dealkylation sites (tertiary alicyclic amines) is 1. The van der Waals surface area contributed by atoms with Gasteiger partial charge in [0.25, 0.3) is 0 Å². The van der Waals surface area contributed by atoms with Crippen LogP contribution in [0.15, 0.2) is 23.2 Å². The topological polar surface area (TPSA) is 48.9 Å². The minimum Gasteiger partial charge on any atom is -0.380 e. The van der Waals surface area contributed by atoms with Crippen LogP contribution in [0.2, 0.25) is 0 Å². The zero-order valence-electron chi connectivity index (χ0n) is 15.2. The first-order chi connectivity index (χ1) is 12.2. The van der Waals surface area contributed by atoms with E-state index >= 15 is 0 Å². The van der Waals surface area contributed by atoms with Gasteiger partial charge in [-0.3, -0.25) is 4.99 Å². The molecule has 2 N–H and O–H groups in total. The van der Waals surface area contributed by atoms with Crippen molar-refractivity contribution in [2.75, 3.05) is 27.2 Å². The molecule has 0 unspecified atom stereocenters. The molecule has 1 aliphatic carbocycles. The van der Waals surface area contributed by atoms with Crippen molar-refractivity contribution in [1.82, 2.24) is 15.5 Å². The molecule has 0 amide bonds. The first kappa shape index (κ1) is 18.1. The van der Waals surface area contributed by atoms with Gasteiger partial charge in [0, 0.05) is 51.4 Å². The van der Waals surface area contributed by atoms with E-state index in [0.717, 1.165) is 30.4 Å². The number of ether oxygens (including phenoxy) is 1. The molecular weight excluding hydrogens is 319 g/mol. The smallest absolute Gasteiger partial charge is 0.191 e. The van der Waals surface area contributed by atoms with Crippen molar-refractivity contribution in [1.29, 1.82) is 0 Å². The summed E-state index contributed by atoms with van der Waals surface area (Å²) in [4.78, 5) is 6.94. The summed E-state index contributed by atoms with van der Waals surface area (Å²) in [6.45, 7) is 3.25. The lowest BCUT2D eigenvalue weighted by molar-refractivity contribution is 0.181. The average molecular weight is 348 g/mol. The number of halogens is 1. The minimum absolute atomic E-state index is 0.226. The summed E-state index contributed by atoms with van der Waals surface area (Å²) in [7, 11) is 3.36. The van der Waals surface area contributed by atoms with E-state index in [1.165, 1.54) is 32.0 Å². The number of nitrogens with one attached hydrogen (secondary N) is 2. The molecular formula is C19H29FN4O. The monoisotopic (exact) mass is 348 g/mol. The minimum atomic E-state index is -0.226. The van der Waals surface area contributed by atoms with E-state index < -0.39 is 0 Å². The van der Waals surface area contributed by atoms with Crippen LogP contribution in [0.25, 0.3) is 0 Å². The molecule has 2 fully saturated rings. The Hall–Kier alpha value is -1.66. The zero-order valence-corrected chi connectivity index (χ0v) is 15.2. The van der Waals surface area contributed by atoms with E-state index in [9.17, 15) is 4.39 Å². The molecule has 1 aromatic rings. The van der Waals surface area contributed by atoms with Crippen LogP contribution in [-0.4, -0.2) is 50.2 Å². The molecule has 138 valence electrons. The number of nitrogens with zero attached hydrogens (tertiary/aromatic N) is 2. The van der Waals surface area contributed by atoms with Crippen molar-refractivity contribution in [3.05, 3.63) is 35.1 Å². The van der Waals surface area contributed by atoms with E-state index in [0.29, 0.717) is 18.2 Å². The van der Waals surface area contributed by atoms with Gasteiger partial charge < -0.3 is 20.3 Å². The van der Waals surface area contributed by atoms with Crippen LogP contribution in [0.3, 0.4) is 0 Å². The predicted octanol–water partition coefficient (Wildman–Crippen LogP) is 2.26. The van der Waals surface area contributed by atoms with Crippen LogP contribution in [0.1, 0.15) is 36.8 Å². The maximum Gasteiger partial charge on any atom is 0.191 e. The molecule has 25 heavy (non-hydrogen) atoms. The predicted molar refractivity (Wildman–Crippen MR) is 98.1 cm³/mol. The number of hydrogen-bond acceptors (Lipinski definition) is 3. The second-order valence-corrected chi connectivity index (χ2v) is 6.97. The number of methoxy groups -OCH3 is 1. The highest BCUT2D eigenvalue weighted by atomic mass is 19.1. The molecule has 0 radical (unpaired) electrons. The third-order valence-electron chi connectivity index (χ3n) is 5.03. The Morgan fingerprint density at radius 3 is 2.68 bits per heavy atom. The van der Waals surface area contributed by atoms with E-state index in [2.05, 4.69) is 20.5 Å². The molecule has 1 saturated heterocycles. The molecule has 1 heterocycles. The Kier molecular flexibility index (Phi) is 6.26. The first-order valence-corrected chi connectivity index (χ1v) is 9.17. The highest BCUT2D eigenvalue weighted by Gasteiger charge is 2.31. The van der Waals surface area contributed by atoms with Gasteiger partial charge in [-0.05, 0) is 43.4 Å². The molecule has 3 rings (SSSR count). The van der Waals surface area contributed by atoms with Crippen molar-refractivity contribution in [2.45, 2.75) is 50.9 Å². The summed E-state index contributed by atoms with van der Waals surface area (Å²) in [6.07, 6.45) is 5.07. The summed E-state index contributed by atoms with van der Waals surface area (Å²) >= 11 is 0. The lowest BCUT2D eigenvalue weighted by atomic mass is 10.1. The van der Waals surface area contributed by atoms with Gasteiger partial charge in [0.1, 0.15) is 5.82 Å². The molecule has 2 aliphatic rings. The van der Waals surface area contributed by atoms with E-state index in [4.69, 9.17) is 4.74 Å². The van der Waals surface area contributed by atoms with Gasteiger partial charge in [0.2, 0.25) is 0 Å².